The Hall–Kier alpha value is -12.0. The Bertz CT molecular complexity index is 7660. The molecule has 712 valence electrons. The van der Waals surface area contributed by atoms with Gasteiger partial charge in [0, 0.05) is 155 Å². The third-order valence-corrected chi connectivity index (χ3v) is 43.2. The zero-order valence-electron chi connectivity index (χ0n) is 83.2. The highest BCUT2D eigenvalue weighted by Crippen LogP contribution is 2.62. The van der Waals surface area contributed by atoms with Crippen molar-refractivity contribution in [3.05, 3.63) is 366 Å². The minimum atomic E-state index is -0.313. The van der Waals surface area contributed by atoms with Crippen LogP contribution in [0, 0.1) is 103 Å². The molecule has 15 aromatic carbocycles. The van der Waals surface area contributed by atoms with Gasteiger partial charge >= 0.3 is 5.97 Å². The average Bonchev–Trinajstić information content (AvgIpc) is 1.73. The van der Waals surface area contributed by atoms with Crippen LogP contribution in [0.25, 0.3) is 125 Å². The van der Waals surface area contributed by atoms with Crippen LogP contribution in [0.2, 0.25) is 0 Å². The van der Waals surface area contributed by atoms with E-state index in [0.717, 1.165) is 82.7 Å². The Morgan fingerprint density at radius 2 is 0.546 bits per heavy atom. The number of hydrogen-bond donors (Lipinski definition) is 0. The molecule has 0 radical (unpaired) electrons. The zero-order chi connectivity index (χ0) is 96.3. The molecule has 8 fully saturated rings. The van der Waals surface area contributed by atoms with Crippen LogP contribution < -0.4 is 18.9 Å². The van der Waals surface area contributed by atoms with Crippen LogP contribution in [-0.2, 0) is 14.3 Å². The van der Waals surface area contributed by atoms with Gasteiger partial charge < -0.3 is 28.4 Å². The molecule has 20 aromatic rings. The number of esters is 1. The first-order chi connectivity index (χ1) is 68.9. The number of benzene rings is 15. The highest BCUT2D eigenvalue weighted by molar-refractivity contribution is 7.52. The lowest BCUT2D eigenvalue weighted by Gasteiger charge is -2.59. The molecular formula is C129H129O7S5+5. The maximum atomic E-state index is 13.0. The van der Waals surface area contributed by atoms with E-state index in [9.17, 15) is 4.79 Å². The number of methoxy groups -OCH3 is 1. The van der Waals surface area contributed by atoms with Gasteiger partial charge in [0.15, 0.2) is 84.9 Å². The van der Waals surface area contributed by atoms with Gasteiger partial charge in [0.1, 0.15) is 28.6 Å². The first kappa shape index (κ1) is 94.0. The summed E-state index contributed by atoms with van der Waals surface area (Å²) in [6, 6.07) is 117. The molecule has 28 rings (SSSR count). The number of carbonyl (C=O) groups excluding carboxylic acids is 1. The Kier molecular flexibility index (Phi) is 26.9. The molecule has 141 heavy (non-hydrogen) atoms. The van der Waals surface area contributed by atoms with Crippen LogP contribution in [0.5, 0.6) is 23.0 Å². The smallest absolute Gasteiger partial charge is 0.344 e. The SMILES string of the molecule is CCCCCCOc1c(C)cc(-[s+]2c3ccccc3c3ccccc32)cc1C.COc1c(C)cc(-[s+]2c3ccccc3c3ccccc32)cc1C.Cc1cc(-[s+]2c3ccccc3c3ccccc32)cc(C)c1OCC(=O)OC1(C)C2CC3CC(C2)CC1C3.Cc1cc(-[s+]2c3ccccc3c3ccccc32)cc(C)c1OCOC1C2CC3CC(C2)CC1C3.c1ccc(-[s+]2c3ccccc3c3ccccc32)cc1. The van der Waals surface area contributed by atoms with Crippen molar-refractivity contribution < 1.29 is 33.2 Å². The highest BCUT2D eigenvalue weighted by Gasteiger charge is 2.57. The number of thiophene rings is 5. The van der Waals surface area contributed by atoms with Crippen LogP contribution in [0.3, 0.4) is 0 Å². The van der Waals surface area contributed by atoms with Gasteiger partial charge in [0.05, 0.1) is 19.8 Å². The summed E-state index contributed by atoms with van der Waals surface area (Å²) in [5.41, 5.74) is 9.15. The van der Waals surface area contributed by atoms with Crippen LogP contribution in [0.15, 0.2) is 322 Å². The van der Waals surface area contributed by atoms with Crippen molar-refractivity contribution >= 4 is 159 Å². The van der Waals surface area contributed by atoms with E-state index in [1.807, 2.05) is 0 Å². The predicted octanol–water partition coefficient (Wildman–Crippen LogP) is 37.4. The van der Waals surface area contributed by atoms with Gasteiger partial charge in [-0.05, 0) is 358 Å². The molecule has 0 spiro atoms. The van der Waals surface area contributed by atoms with Crippen LogP contribution in [0.4, 0.5) is 0 Å². The fourth-order valence-corrected chi connectivity index (χ4v) is 38.6. The van der Waals surface area contributed by atoms with Crippen molar-refractivity contribution in [1.29, 1.82) is 0 Å². The summed E-state index contributed by atoms with van der Waals surface area (Å²) < 4.78 is 51.1. The summed E-state index contributed by atoms with van der Waals surface area (Å²) >= 11 is 0. The lowest BCUT2D eigenvalue weighted by Crippen LogP contribution is -2.58. The average molecular weight is 1950 g/mol. The largest absolute Gasteiger partial charge is 0.496 e. The van der Waals surface area contributed by atoms with Gasteiger partial charge in [-0.3, -0.25) is 0 Å². The molecule has 8 aliphatic rings. The lowest BCUT2D eigenvalue weighted by molar-refractivity contribution is -0.204. The van der Waals surface area contributed by atoms with Crippen molar-refractivity contribution in [1.82, 2.24) is 0 Å². The summed E-state index contributed by atoms with van der Waals surface area (Å²) in [6.45, 7) is 22.8. The topological polar surface area (TPSA) is 72.5 Å². The van der Waals surface area contributed by atoms with Crippen molar-refractivity contribution in [2.75, 3.05) is 27.1 Å². The van der Waals surface area contributed by atoms with Crippen LogP contribution in [0.1, 0.15) is 148 Å². The molecule has 8 saturated carbocycles. The van der Waals surface area contributed by atoms with E-state index in [-0.39, 0.29) is 70.5 Å². The highest BCUT2D eigenvalue weighted by atomic mass is 32.2. The molecule has 8 aliphatic carbocycles. The predicted molar refractivity (Wildman–Crippen MR) is 605 cm³/mol. The summed E-state index contributed by atoms with van der Waals surface area (Å²) in [7, 11) is 1.53. The van der Waals surface area contributed by atoms with E-state index in [2.05, 4.69) is 391 Å². The monoisotopic (exact) mass is 1950 g/mol. The standard InChI is InChI=1S/C33H35O3S.C31H33O2S.C26H29OS.C21H19OS.C18H13S/c1-20-12-26(37-29-10-6-4-8-27(29)28-9-5-7-11-30(28)37)13-21(2)32(20)35-19-31(34)36-33(3)24-15-22-14-23(17-24)18-25(33)16-22;1-19-11-25(34-28-9-5-3-7-26(28)27-8-4-6-10-29(27)34)12-20(2)30(19)32-18-33-31-23-14-21-13-22(16-23)17-24(31)15-21;1-4-5-6-11-16-27-26-19(2)17-21(18-20(26)3)28-24-14-9-7-12-22(24)23-13-8-10-15-25(23)28;1-14-12-16(13-15(2)21(14)22-3)23-19-10-6-4-8-17(19)18-9-5-7-11-20(18)23;1-2-8-14(9-3-1)19-17-12-6-4-10-15(17)16-11-5-7-13-18(16)19/h4-13,22-25H,14-19H2,1-3H3;3-12,21-24,31H,13-18H2,1-2H3;7-10,12-15,17-18H,4-6,11,16H2,1-3H3;4-13H,1-3H3;1-13H/q5*+1. The molecule has 0 saturated heterocycles. The van der Waals surface area contributed by atoms with E-state index in [1.165, 1.54) is 242 Å². The van der Waals surface area contributed by atoms with Gasteiger partial charge in [-0.1, -0.05) is 166 Å². The number of carbonyl (C=O) groups is 1. The van der Waals surface area contributed by atoms with E-state index in [4.69, 9.17) is 28.4 Å². The second-order valence-corrected chi connectivity index (χ2v) is 50.9. The Labute approximate surface area is 844 Å². The minimum Gasteiger partial charge on any atom is -0.496 e. The molecule has 7 nitrogen and oxygen atoms in total. The van der Waals surface area contributed by atoms with E-state index in [1.54, 1.807) is 7.11 Å². The Morgan fingerprint density at radius 1 is 0.291 bits per heavy atom. The maximum Gasteiger partial charge on any atom is 0.344 e. The van der Waals surface area contributed by atoms with Gasteiger partial charge in [0.25, 0.3) is 0 Å². The van der Waals surface area contributed by atoms with E-state index >= 15 is 0 Å². The molecule has 0 aliphatic heterocycles. The number of rotatable bonds is 20. The normalized spacial score (nSPS) is 19.7. The van der Waals surface area contributed by atoms with E-state index in [0.29, 0.717) is 24.7 Å². The molecule has 5 heterocycles. The van der Waals surface area contributed by atoms with Crippen molar-refractivity contribution in [3.63, 3.8) is 0 Å². The number of ether oxygens (including phenoxy) is 6. The molecule has 0 unspecified atom stereocenters. The molecule has 0 atom stereocenters. The molecular weight excluding hydrogens is 1820 g/mol. The zero-order valence-corrected chi connectivity index (χ0v) is 87.3. The molecule has 0 N–H and O–H groups in total. The number of fused-ring (bicyclic) bond motifs is 15. The van der Waals surface area contributed by atoms with Gasteiger partial charge in [0.2, 0.25) is 0 Å². The molecule has 0 amide bonds. The van der Waals surface area contributed by atoms with Crippen molar-refractivity contribution in [3.8, 4) is 47.5 Å². The number of unbranched alkanes of at least 4 members (excludes halogenated alkanes) is 3. The molecule has 5 aromatic heterocycles. The summed E-state index contributed by atoms with van der Waals surface area (Å²) in [6.07, 6.45) is 18.7. The summed E-state index contributed by atoms with van der Waals surface area (Å²) in [5, 5.41) is 13.7. The third-order valence-electron chi connectivity index (χ3n) is 31.7. The van der Waals surface area contributed by atoms with Crippen LogP contribution in [-0.4, -0.2) is 44.8 Å². The molecule has 8 bridgehead atoms. The first-order valence-electron chi connectivity index (χ1n) is 51.3. The third kappa shape index (κ3) is 18.1. The van der Waals surface area contributed by atoms with Gasteiger partial charge in [-0.2, -0.15) is 0 Å². The Morgan fingerprint density at radius 3 is 0.837 bits per heavy atom. The second-order valence-electron chi connectivity index (χ2n) is 41.0. The van der Waals surface area contributed by atoms with Gasteiger partial charge in [-0.15, -0.1) is 0 Å². The second kappa shape index (κ2) is 40.4. The maximum absolute atomic E-state index is 13.0. The number of aryl methyl sites for hydroxylation is 8. The van der Waals surface area contributed by atoms with Crippen molar-refractivity contribution in [2.45, 2.75) is 171 Å². The minimum absolute atomic E-state index is 0.0269. The first-order valence-corrected chi connectivity index (χ1v) is 57.4. The molecule has 12 heteroatoms. The van der Waals surface area contributed by atoms with Crippen LogP contribution >= 0.6 is 52.3 Å². The summed E-state index contributed by atoms with van der Waals surface area (Å²) in [4.78, 5) is 19.9. The van der Waals surface area contributed by atoms with E-state index < -0.39 is 0 Å². The lowest BCUT2D eigenvalue weighted by atomic mass is 9.50. The quantitative estimate of drug-likeness (QED) is 0.0326. The van der Waals surface area contributed by atoms with Crippen molar-refractivity contribution in [2.24, 2.45) is 47.3 Å². The fraction of sp³-hybridized carbons (Fsp3) is 0.295. The Balaban J connectivity index is 0.000000103. The van der Waals surface area contributed by atoms with Gasteiger partial charge in [-0.25, -0.2) is 4.79 Å². The fourth-order valence-electron chi connectivity index (χ4n) is 25.9. The summed E-state index contributed by atoms with van der Waals surface area (Å²) in [5.74, 6) is 9.91. The number of hydrogen-bond acceptors (Lipinski definition) is 7.